The summed E-state index contributed by atoms with van der Waals surface area (Å²) >= 11 is 0. The number of hydrogen-bond donors (Lipinski definition) is 4. The highest BCUT2D eigenvalue weighted by atomic mass is 31.2. The lowest BCUT2D eigenvalue weighted by Crippen LogP contribution is -2.37. The first-order valence-electron chi connectivity index (χ1n) is 14.3. The van der Waals surface area contributed by atoms with Gasteiger partial charge in [-0.15, -0.1) is 0 Å². The molecule has 0 aromatic heterocycles. The van der Waals surface area contributed by atoms with E-state index in [1.165, 1.54) is 24.3 Å². The maximum atomic E-state index is 14.4. The van der Waals surface area contributed by atoms with E-state index in [1.54, 1.807) is 0 Å². The van der Waals surface area contributed by atoms with E-state index in [2.05, 4.69) is 0 Å². The van der Waals surface area contributed by atoms with E-state index < -0.39 is 43.1 Å². The van der Waals surface area contributed by atoms with Crippen LogP contribution in [0.2, 0.25) is 0 Å². The standard InChI is InChI=1S/C33H34F4O8P2/c34-32(35,46(38,39)40)29-15-11-25(12-16-29)19-31(23-44-21-27-7-3-1-4-8-27,24-45-22-28-9-5-2-6-10-28)20-26-13-17-30(18-14-26)33(36,37)47(41,42)43/h1-18H,19-24H2,(H2,38,39,40)(H2,41,42,43). The summed E-state index contributed by atoms with van der Waals surface area (Å²) in [7, 11) is -11.6. The molecule has 0 aliphatic carbocycles. The van der Waals surface area contributed by atoms with E-state index in [-0.39, 0.29) is 39.3 Å². The lowest BCUT2D eigenvalue weighted by molar-refractivity contribution is -0.0332. The average Bonchev–Trinajstić information content (AvgIpc) is 3.01. The Bertz CT molecular complexity index is 1550. The zero-order valence-corrected chi connectivity index (χ0v) is 26.8. The Morgan fingerprint density at radius 1 is 0.489 bits per heavy atom. The number of ether oxygens (including phenoxy) is 2. The molecule has 0 radical (unpaired) electrons. The van der Waals surface area contributed by atoms with Crippen LogP contribution in [0.25, 0.3) is 0 Å². The molecule has 0 atom stereocenters. The fraction of sp³-hybridized carbons (Fsp3) is 0.273. The second-order valence-electron chi connectivity index (χ2n) is 11.4. The lowest BCUT2D eigenvalue weighted by atomic mass is 9.77. The van der Waals surface area contributed by atoms with Crippen LogP contribution in [-0.4, -0.2) is 32.8 Å². The smallest absolute Gasteiger partial charge is 0.376 e. The summed E-state index contributed by atoms with van der Waals surface area (Å²) < 4.78 is 92.6. The van der Waals surface area contributed by atoms with Crippen LogP contribution in [-0.2, 0) is 56.0 Å². The van der Waals surface area contributed by atoms with Crippen LogP contribution >= 0.6 is 15.2 Å². The molecule has 14 heteroatoms. The summed E-state index contributed by atoms with van der Waals surface area (Å²) in [4.78, 5) is 36.6. The molecular weight excluding hydrogens is 662 g/mol. The van der Waals surface area contributed by atoms with Crippen molar-refractivity contribution in [3.8, 4) is 0 Å². The molecule has 8 nitrogen and oxygen atoms in total. The number of halogens is 4. The van der Waals surface area contributed by atoms with Gasteiger partial charge in [-0.2, -0.15) is 17.6 Å². The topological polar surface area (TPSA) is 134 Å². The van der Waals surface area contributed by atoms with Crippen molar-refractivity contribution in [2.24, 2.45) is 5.41 Å². The average molecular weight is 697 g/mol. The lowest BCUT2D eigenvalue weighted by Gasteiger charge is -2.34. The monoisotopic (exact) mass is 696 g/mol. The van der Waals surface area contributed by atoms with Crippen molar-refractivity contribution < 1.29 is 55.7 Å². The van der Waals surface area contributed by atoms with Crippen molar-refractivity contribution in [1.82, 2.24) is 0 Å². The van der Waals surface area contributed by atoms with E-state index in [0.717, 1.165) is 35.4 Å². The summed E-state index contributed by atoms with van der Waals surface area (Å²) in [5.74, 6) is 0. The van der Waals surface area contributed by atoms with Gasteiger partial charge in [-0.25, -0.2) is 0 Å². The van der Waals surface area contributed by atoms with Crippen LogP contribution in [0.15, 0.2) is 109 Å². The van der Waals surface area contributed by atoms with Gasteiger partial charge in [0.1, 0.15) is 0 Å². The maximum Gasteiger partial charge on any atom is 0.399 e. The van der Waals surface area contributed by atoms with Crippen LogP contribution in [0.5, 0.6) is 0 Å². The van der Waals surface area contributed by atoms with Gasteiger partial charge in [-0.1, -0.05) is 109 Å². The number of benzene rings is 4. The first-order chi connectivity index (χ1) is 22.0. The molecule has 252 valence electrons. The highest BCUT2D eigenvalue weighted by Crippen LogP contribution is 2.60. The summed E-state index contributed by atoms with van der Waals surface area (Å²) in [5.41, 5.74) is -8.68. The predicted octanol–water partition coefficient (Wildman–Crippen LogP) is 7.35. The molecule has 0 spiro atoms. The minimum atomic E-state index is -5.78. The van der Waals surface area contributed by atoms with Crippen molar-refractivity contribution in [3.63, 3.8) is 0 Å². The fourth-order valence-electron chi connectivity index (χ4n) is 5.08. The van der Waals surface area contributed by atoms with E-state index >= 15 is 0 Å². The molecule has 0 heterocycles. The molecule has 0 aliphatic heterocycles. The minimum absolute atomic E-state index is 0.0530. The first kappa shape index (κ1) is 36.7. The minimum Gasteiger partial charge on any atom is -0.376 e. The van der Waals surface area contributed by atoms with Gasteiger partial charge in [-0.3, -0.25) is 9.13 Å². The van der Waals surface area contributed by atoms with Gasteiger partial charge in [0.15, 0.2) is 0 Å². The van der Waals surface area contributed by atoms with E-state index in [4.69, 9.17) is 29.0 Å². The van der Waals surface area contributed by atoms with Gasteiger partial charge in [0.25, 0.3) is 0 Å². The van der Waals surface area contributed by atoms with Crippen LogP contribution < -0.4 is 0 Å². The normalized spacial score (nSPS) is 13.1. The molecule has 0 saturated carbocycles. The van der Waals surface area contributed by atoms with Crippen molar-refractivity contribution in [1.29, 1.82) is 0 Å². The van der Waals surface area contributed by atoms with Crippen LogP contribution in [0.1, 0.15) is 33.4 Å². The van der Waals surface area contributed by atoms with Crippen molar-refractivity contribution in [2.75, 3.05) is 13.2 Å². The Labute approximate surface area is 269 Å². The molecule has 0 unspecified atom stereocenters. The van der Waals surface area contributed by atoms with Gasteiger partial charge in [0, 0.05) is 16.5 Å². The Kier molecular flexibility index (Phi) is 11.6. The van der Waals surface area contributed by atoms with Gasteiger partial charge in [0.05, 0.1) is 26.4 Å². The highest BCUT2D eigenvalue weighted by molar-refractivity contribution is 7.52. The largest absolute Gasteiger partial charge is 0.399 e. The summed E-state index contributed by atoms with van der Waals surface area (Å²) in [5, 5.41) is 0. The number of alkyl halides is 4. The van der Waals surface area contributed by atoms with Gasteiger partial charge in [-0.05, 0) is 35.1 Å². The quantitative estimate of drug-likeness (QED) is 0.0707. The number of hydrogen-bond acceptors (Lipinski definition) is 4. The second kappa shape index (κ2) is 14.9. The van der Waals surface area contributed by atoms with Crippen LogP contribution in [0, 0.1) is 5.41 Å². The Morgan fingerprint density at radius 2 is 0.809 bits per heavy atom. The molecule has 0 amide bonds. The fourth-order valence-corrected chi connectivity index (χ4v) is 6.05. The zero-order valence-electron chi connectivity index (χ0n) is 25.0. The predicted molar refractivity (Wildman–Crippen MR) is 167 cm³/mol. The van der Waals surface area contributed by atoms with E-state index in [9.17, 15) is 26.7 Å². The van der Waals surface area contributed by atoms with Crippen molar-refractivity contribution in [2.45, 2.75) is 37.4 Å². The van der Waals surface area contributed by atoms with E-state index in [0.29, 0.717) is 11.1 Å². The molecule has 0 aliphatic rings. The first-order valence-corrected chi connectivity index (χ1v) is 17.5. The Morgan fingerprint density at radius 3 is 1.11 bits per heavy atom. The molecule has 4 rings (SSSR count). The Hall–Kier alpha value is -3.18. The van der Waals surface area contributed by atoms with Crippen molar-refractivity contribution >= 4 is 15.2 Å². The third-order valence-electron chi connectivity index (χ3n) is 7.53. The molecular formula is C33H34F4O8P2. The third kappa shape index (κ3) is 9.47. The summed E-state index contributed by atoms with van der Waals surface area (Å²) in [6.07, 6.45) is 0.303. The summed E-state index contributed by atoms with van der Waals surface area (Å²) in [6, 6.07) is 27.6. The molecule has 0 bridgehead atoms. The van der Waals surface area contributed by atoms with Gasteiger partial charge in [0.2, 0.25) is 0 Å². The number of rotatable bonds is 16. The second-order valence-corrected chi connectivity index (χ2v) is 14.7. The van der Waals surface area contributed by atoms with Gasteiger partial charge >= 0.3 is 26.5 Å². The summed E-state index contributed by atoms with van der Waals surface area (Å²) in [6.45, 7) is 0.527. The molecule has 0 saturated heterocycles. The van der Waals surface area contributed by atoms with E-state index in [1.807, 2.05) is 60.7 Å². The molecule has 4 aromatic rings. The van der Waals surface area contributed by atoms with Crippen LogP contribution in [0.3, 0.4) is 0 Å². The Balaban J connectivity index is 1.68. The third-order valence-corrected chi connectivity index (χ3v) is 9.51. The molecule has 47 heavy (non-hydrogen) atoms. The van der Waals surface area contributed by atoms with Crippen LogP contribution in [0.4, 0.5) is 17.6 Å². The van der Waals surface area contributed by atoms with Gasteiger partial charge < -0.3 is 29.0 Å². The maximum absolute atomic E-state index is 14.4. The molecule has 0 fully saturated rings. The van der Waals surface area contributed by atoms with Crippen molar-refractivity contribution in [3.05, 3.63) is 143 Å². The zero-order chi connectivity index (χ0) is 34.3. The SMILES string of the molecule is O=P(O)(O)C(F)(F)c1ccc(CC(COCc2ccccc2)(COCc2ccccc2)Cc2ccc(C(F)(F)P(=O)(O)O)cc2)cc1. The highest BCUT2D eigenvalue weighted by Gasteiger charge is 2.51. The molecule has 4 N–H and O–H groups in total. The molecule has 4 aromatic carbocycles.